The minimum atomic E-state index is -0.138. The van der Waals surface area contributed by atoms with Gasteiger partial charge in [0.2, 0.25) is 0 Å². The quantitative estimate of drug-likeness (QED) is 0.850. The van der Waals surface area contributed by atoms with Crippen LogP contribution in [0.1, 0.15) is 28.8 Å². The summed E-state index contributed by atoms with van der Waals surface area (Å²) >= 11 is 0. The third kappa shape index (κ3) is 4.79. The molecule has 2 N–H and O–H groups in total. The number of anilines is 1. The van der Waals surface area contributed by atoms with Crippen LogP contribution in [0.15, 0.2) is 48.8 Å². The zero-order chi connectivity index (χ0) is 17.6. The molecule has 1 aromatic carbocycles. The smallest absolute Gasteiger partial charge is 0.315 e. The highest BCUT2D eigenvalue weighted by atomic mass is 16.2. The lowest BCUT2D eigenvalue weighted by Gasteiger charge is -2.17. The Hall–Kier alpha value is -2.89. The first-order valence-corrected chi connectivity index (χ1v) is 8.42. The van der Waals surface area contributed by atoms with E-state index in [1.54, 1.807) is 36.5 Å². The fraction of sp³-hybridized carbons (Fsp3) is 0.316. The van der Waals surface area contributed by atoms with Crippen LogP contribution in [0.5, 0.6) is 0 Å². The molecule has 0 bridgehead atoms. The van der Waals surface area contributed by atoms with E-state index in [4.69, 9.17) is 0 Å². The van der Waals surface area contributed by atoms with Gasteiger partial charge < -0.3 is 15.5 Å². The van der Waals surface area contributed by atoms with Crippen LogP contribution in [0.4, 0.5) is 10.5 Å². The van der Waals surface area contributed by atoms with Crippen molar-refractivity contribution in [3.8, 4) is 0 Å². The van der Waals surface area contributed by atoms with Crippen LogP contribution in [0.3, 0.4) is 0 Å². The van der Waals surface area contributed by atoms with E-state index in [1.807, 2.05) is 24.3 Å². The lowest BCUT2D eigenvalue weighted by atomic mass is 10.1. The van der Waals surface area contributed by atoms with Crippen molar-refractivity contribution in [3.05, 3.63) is 59.9 Å². The van der Waals surface area contributed by atoms with Crippen LogP contribution < -0.4 is 15.5 Å². The van der Waals surface area contributed by atoms with Gasteiger partial charge in [-0.15, -0.1) is 0 Å². The summed E-state index contributed by atoms with van der Waals surface area (Å²) in [4.78, 5) is 29.6. The molecule has 1 aliphatic rings. The van der Waals surface area contributed by atoms with Gasteiger partial charge in [0, 0.05) is 43.8 Å². The maximum Gasteiger partial charge on any atom is 0.315 e. The second-order valence-electron chi connectivity index (χ2n) is 6.27. The molecule has 3 rings (SSSR count). The standard InChI is InChI=1S/C19H22N4O2/c1-23(18(24)16-8-10-20-11-9-16)17-6-4-15(5-7-17)13-22-19(25)21-12-14-2-3-14/h4-11,14H,2-3,12-13H2,1H3,(H2,21,22,25). The van der Waals surface area contributed by atoms with E-state index >= 15 is 0 Å². The molecular weight excluding hydrogens is 316 g/mol. The Balaban J connectivity index is 1.52. The minimum absolute atomic E-state index is 0.0901. The van der Waals surface area contributed by atoms with Crippen molar-refractivity contribution < 1.29 is 9.59 Å². The molecule has 0 spiro atoms. The van der Waals surface area contributed by atoms with Crippen molar-refractivity contribution in [2.45, 2.75) is 19.4 Å². The van der Waals surface area contributed by atoms with E-state index in [2.05, 4.69) is 15.6 Å². The first-order chi connectivity index (χ1) is 12.1. The Morgan fingerprint density at radius 3 is 2.40 bits per heavy atom. The molecule has 1 saturated carbocycles. The van der Waals surface area contributed by atoms with Gasteiger partial charge in [0.05, 0.1) is 0 Å². The van der Waals surface area contributed by atoms with Crippen LogP contribution in [0.2, 0.25) is 0 Å². The maximum atomic E-state index is 12.4. The largest absolute Gasteiger partial charge is 0.338 e. The molecule has 6 heteroatoms. The summed E-state index contributed by atoms with van der Waals surface area (Å²) in [5, 5.41) is 5.71. The highest BCUT2D eigenvalue weighted by Gasteiger charge is 2.21. The Morgan fingerprint density at radius 1 is 1.08 bits per heavy atom. The molecule has 1 fully saturated rings. The zero-order valence-corrected chi connectivity index (χ0v) is 14.2. The summed E-state index contributed by atoms with van der Waals surface area (Å²) in [5.41, 5.74) is 2.37. The molecule has 0 unspecified atom stereocenters. The normalized spacial score (nSPS) is 13.2. The topological polar surface area (TPSA) is 74.3 Å². The Labute approximate surface area is 147 Å². The molecule has 130 valence electrons. The van der Waals surface area contributed by atoms with E-state index in [0.717, 1.165) is 17.8 Å². The fourth-order valence-corrected chi connectivity index (χ4v) is 2.45. The number of nitrogens with zero attached hydrogens (tertiary/aromatic N) is 2. The van der Waals surface area contributed by atoms with E-state index in [0.29, 0.717) is 18.0 Å². The lowest BCUT2D eigenvalue weighted by Crippen LogP contribution is -2.36. The fourth-order valence-electron chi connectivity index (χ4n) is 2.45. The molecule has 1 aromatic heterocycles. The van der Waals surface area contributed by atoms with Gasteiger partial charge in [0.25, 0.3) is 5.91 Å². The zero-order valence-electron chi connectivity index (χ0n) is 14.2. The number of amides is 3. The first-order valence-electron chi connectivity index (χ1n) is 8.42. The number of aromatic nitrogens is 1. The molecule has 0 atom stereocenters. The van der Waals surface area contributed by atoms with Gasteiger partial charge in [-0.3, -0.25) is 9.78 Å². The van der Waals surface area contributed by atoms with E-state index in [9.17, 15) is 9.59 Å². The van der Waals surface area contributed by atoms with Crippen molar-refractivity contribution >= 4 is 17.6 Å². The molecule has 0 saturated heterocycles. The van der Waals surface area contributed by atoms with Crippen LogP contribution in [0, 0.1) is 5.92 Å². The SMILES string of the molecule is CN(C(=O)c1ccncc1)c1ccc(CNC(=O)NCC2CC2)cc1. The van der Waals surface area contributed by atoms with E-state index < -0.39 is 0 Å². The average molecular weight is 338 g/mol. The summed E-state index contributed by atoms with van der Waals surface area (Å²) in [7, 11) is 1.74. The first kappa shape index (κ1) is 17.0. The number of nitrogens with one attached hydrogen (secondary N) is 2. The summed E-state index contributed by atoms with van der Waals surface area (Å²) < 4.78 is 0. The number of urea groups is 1. The lowest BCUT2D eigenvalue weighted by molar-refractivity contribution is 0.0993. The van der Waals surface area contributed by atoms with Gasteiger partial charge in [-0.1, -0.05) is 12.1 Å². The van der Waals surface area contributed by atoms with Gasteiger partial charge in [-0.05, 0) is 48.6 Å². The van der Waals surface area contributed by atoms with Crippen LogP contribution in [-0.2, 0) is 6.54 Å². The third-order valence-corrected chi connectivity index (χ3v) is 4.26. The van der Waals surface area contributed by atoms with Crippen LogP contribution in [-0.4, -0.2) is 30.5 Å². The number of hydrogen-bond donors (Lipinski definition) is 2. The van der Waals surface area contributed by atoms with Crippen molar-refractivity contribution in [1.82, 2.24) is 15.6 Å². The van der Waals surface area contributed by atoms with Crippen molar-refractivity contribution in [3.63, 3.8) is 0 Å². The number of pyridine rings is 1. The van der Waals surface area contributed by atoms with Gasteiger partial charge >= 0.3 is 6.03 Å². The highest BCUT2D eigenvalue weighted by molar-refractivity contribution is 6.05. The Morgan fingerprint density at radius 2 is 1.76 bits per heavy atom. The number of carbonyl (C=O) groups excluding carboxylic acids is 2. The Kier molecular flexibility index (Phi) is 5.28. The van der Waals surface area contributed by atoms with Crippen molar-refractivity contribution in [1.29, 1.82) is 0 Å². The van der Waals surface area contributed by atoms with Gasteiger partial charge in [0.15, 0.2) is 0 Å². The number of benzene rings is 1. The second-order valence-corrected chi connectivity index (χ2v) is 6.27. The summed E-state index contributed by atoms with van der Waals surface area (Å²) in [6, 6.07) is 10.8. The van der Waals surface area contributed by atoms with Crippen molar-refractivity contribution in [2.75, 3.05) is 18.5 Å². The molecule has 2 aromatic rings. The predicted molar refractivity (Wildman–Crippen MR) is 96.4 cm³/mol. The number of carbonyl (C=O) groups is 2. The van der Waals surface area contributed by atoms with Gasteiger partial charge in [0.1, 0.15) is 0 Å². The molecular formula is C19H22N4O2. The number of hydrogen-bond acceptors (Lipinski definition) is 3. The third-order valence-electron chi connectivity index (χ3n) is 4.26. The van der Waals surface area contributed by atoms with E-state index in [1.165, 1.54) is 12.8 Å². The molecule has 1 aliphatic carbocycles. The summed E-state index contributed by atoms with van der Waals surface area (Å²) in [6.07, 6.45) is 5.63. The second kappa shape index (κ2) is 7.79. The summed E-state index contributed by atoms with van der Waals surface area (Å²) in [5.74, 6) is 0.575. The molecule has 6 nitrogen and oxygen atoms in total. The van der Waals surface area contributed by atoms with Gasteiger partial charge in [-0.25, -0.2) is 4.79 Å². The molecule has 1 heterocycles. The number of rotatable bonds is 6. The molecule has 25 heavy (non-hydrogen) atoms. The Bertz CT molecular complexity index is 727. The molecule has 0 aliphatic heterocycles. The van der Waals surface area contributed by atoms with Crippen LogP contribution >= 0.6 is 0 Å². The summed E-state index contributed by atoms with van der Waals surface area (Å²) in [6.45, 7) is 1.21. The predicted octanol–water partition coefficient (Wildman–Crippen LogP) is 2.57. The van der Waals surface area contributed by atoms with Crippen LogP contribution in [0.25, 0.3) is 0 Å². The van der Waals surface area contributed by atoms with E-state index in [-0.39, 0.29) is 11.9 Å². The molecule has 0 radical (unpaired) electrons. The minimum Gasteiger partial charge on any atom is -0.338 e. The monoisotopic (exact) mass is 338 g/mol. The van der Waals surface area contributed by atoms with Crippen molar-refractivity contribution in [2.24, 2.45) is 5.92 Å². The average Bonchev–Trinajstić information content (AvgIpc) is 3.49. The van der Waals surface area contributed by atoms with Gasteiger partial charge in [-0.2, -0.15) is 0 Å². The highest BCUT2D eigenvalue weighted by Crippen LogP contribution is 2.27. The maximum absolute atomic E-state index is 12.4. The molecule has 3 amide bonds.